The van der Waals surface area contributed by atoms with Crippen LogP contribution >= 0.6 is 0 Å². The van der Waals surface area contributed by atoms with Crippen LogP contribution in [-0.4, -0.2) is 30.1 Å². The summed E-state index contributed by atoms with van der Waals surface area (Å²) in [5.74, 6) is 0. The van der Waals surface area contributed by atoms with E-state index in [-0.39, 0.29) is 6.09 Å². The number of rotatable bonds is 2. The lowest BCUT2D eigenvalue weighted by atomic mass is 10.1. The Morgan fingerprint density at radius 2 is 1.95 bits per heavy atom. The largest absolute Gasteiger partial charge is 0.444 e. The highest BCUT2D eigenvalue weighted by atomic mass is 16.6. The van der Waals surface area contributed by atoms with Gasteiger partial charge in [-0.25, -0.2) is 4.79 Å². The van der Waals surface area contributed by atoms with Crippen LogP contribution in [0.1, 0.15) is 31.9 Å². The molecule has 5 nitrogen and oxygen atoms in total. The summed E-state index contributed by atoms with van der Waals surface area (Å²) >= 11 is 0. The molecule has 2 amide bonds. The minimum Gasteiger partial charge on any atom is -0.444 e. The van der Waals surface area contributed by atoms with Crippen LogP contribution in [-0.2, 0) is 22.6 Å². The van der Waals surface area contributed by atoms with E-state index >= 15 is 0 Å². The first-order chi connectivity index (χ1) is 9.30. The third-order valence-electron chi connectivity index (χ3n) is 3.13. The van der Waals surface area contributed by atoms with E-state index in [0.717, 1.165) is 23.2 Å². The molecule has 0 saturated heterocycles. The van der Waals surface area contributed by atoms with Crippen LogP contribution in [0, 0.1) is 0 Å². The van der Waals surface area contributed by atoms with Crippen molar-refractivity contribution in [2.24, 2.45) is 0 Å². The second-order valence-electron chi connectivity index (χ2n) is 6.01. The lowest BCUT2D eigenvalue weighted by Crippen LogP contribution is -2.33. The van der Waals surface area contributed by atoms with Crippen molar-refractivity contribution in [3.05, 3.63) is 29.3 Å². The molecule has 1 aliphatic rings. The number of carbonyl (C=O) groups excluding carboxylic acids is 2. The Labute approximate surface area is 119 Å². The minimum absolute atomic E-state index is 0.306. The van der Waals surface area contributed by atoms with Gasteiger partial charge in [0.25, 0.3) is 0 Å². The van der Waals surface area contributed by atoms with E-state index < -0.39 is 5.60 Å². The number of anilines is 1. The smallest absolute Gasteiger partial charge is 0.410 e. The summed E-state index contributed by atoms with van der Waals surface area (Å²) in [7, 11) is 1.70. The zero-order chi connectivity index (χ0) is 14.9. The maximum atomic E-state index is 12.0. The summed E-state index contributed by atoms with van der Waals surface area (Å²) < 4.78 is 5.37. The van der Waals surface area contributed by atoms with Crippen molar-refractivity contribution in [2.45, 2.75) is 39.5 Å². The Kier molecular flexibility index (Phi) is 3.70. The Morgan fingerprint density at radius 1 is 1.30 bits per heavy atom. The molecule has 2 rings (SSSR count). The molecule has 0 fully saturated rings. The zero-order valence-corrected chi connectivity index (χ0v) is 12.3. The van der Waals surface area contributed by atoms with Crippen molar-refractivity contribution in [1.29, 1.82) is 0 Å². The molecule has 0 bridgehead atoms. The van der Waals surface area contributed by atoms with Gasteiger partial charge in [0.1, 0.15) is 5.60 Å². The normalized spacial score (nSPS) is 13.9. The van der Waals surface area contributed by atoms with E-state index in [1.807, 2.05) is 39.0 Å². The standard InChI is InChI=1S/C15H20N2O3/c1-15(2,3)20-14(19)17-8-11-5-6-13(16(4)10-18)7-12(11)9-17/h5-7,10H,8-9H2,1-4H3. The quantitative estimate of drug-likeness (QED) is 0.780. The highest BCUT2D eigenvalue weighted by Gasteiger charge is 2.27. The van der Waals surface area contributed by atoms with E-state index in [9.17, 15) is 9.59 Å². The number of hydrogen-bond donors (Lipinski definition) is 0. The lowest BCUT2D eigenvalue weighted by molar-refractivity contribution is -0.107. The van der Waals surface area contributed by atoms with Crippen LogP contribution in [0.2, 0.25) is 0 Å². The monoisotopic (exact) mass is 276 g/mol. The van der Waals surface area contributed by atoms with Crippen LogP contribution in [0.15, 0.2) is 18.2 Å². The van der Waals surface area contributed by atoms with Gasteiger partial charge in [0, 0.05) is 25.8 Å². The highest BCUT2D eigenvalue weighted by Crippen LogP contribution is 2.27. The van der Waals surface area contributed by atoms with E-state index in [0.29, 0.717) is 13.1 Å². The molecule has 1 heterocycles. The molecular formula is C15H20N2O3. The van der Waals surface area contributed by atoms with Gasteiger partial charge in [0.15, 0.2) is 0 Å². The van der Waals surface area contributed by atoms with Crippen molar-refractivity contribution in [3.63, 3.8) is 0 Å². The average molecular weight is 276 g/mol. The maximum absolute atomic E-state index is 12.0. The maximum Gasteiger partial charge on any atom is 0.410 e. The summed E-state index contributed by atoms with van der Waals surface area (Å²) in [5, 5.41) is 0. The molecule has 0 radical (unpaired) electrons. The molecular weight excluding hydrogens is 256 g/mol. The van der Waals surface area contributed by atoms with Gasteiger partial charge in [0.05, 0.1) is 0 Å². The van der Waals surface area contributed by atoms with Crippen molar-refractivity contribution >= 4 is 18.2 Å². The van der Waals surface area contributed by atoms with Crippen LogP contribution in [0.25, 0.3) is 0 Å². The van der Waals surface area contributed by atoms with Gasteiger partial charge in [-0.3, -0.25) is 9.69 Å². The second kappa shape index (κ2) is 5.15. The molecule has 0 aliphatic carbocycles. The molecule has 0 spiro atoms. The van der Waals surface area contributed by atoms with Crippen molar-refractivity contribution in [2.75, 3.05) is 11.9 Å². The summed E-state index contributed by atoms with van der Waals surface area (Å²) in [4.78, 5) is 26.0. The molecule has 1 aliphatic heterocycles. The van der Waals surface area contributed by atoms with Gasteiger partial charge < -0.3 is 9.64 Å². The molecule has 5 heteroatoms. The summed E-state index contributed by atoms with van der Waals surface area (Å²) in [6.07, 6.45) is 0.460. The topological polar surface area (TPSA) is 49.9 Å². The minimum atomic E-state index is -0.491. The van der Waals surface area contributed by atoms with Gasteiger partial charge in [-0.05, 0) is 44.0 Å². The van der Waals surface area contributed by atoms with Crippen molar-refractivity contribution in [1.82, 2.24) is 4.90 Å². The average Bonchev–Trinajstić information content (AvgIpc) is 2.78. The fraction of sp³-hybridized carbons (Fsp3) is 0.467. The van der Waals surface area contributed by atoms with Gasteiger partial charge >= 0.3 is 6.09 Å². The zero-order valence-electron chi connectivity index (χ0n) is 12.3. The predicted octanol–water partition coefficient (Wildman–Crippen LogP) is 2.53. The Bertz CT molecular complexity index is 534. The third kappa shape index (κ3) is 3.10. The SMILES string of the molecule is CN(C=O)c1ccc2c(c1)CN(C(=O)OC(C)(C)C)C2. The Balaban J connectivity index is 2.11. The first-order valence-electron chi connectivity index (χ1n) is 6.58. The molecule has 1 aromatic rings. The van der Waals surface area contributed by atoms with Crippen molar-refractivity contribution in [3.8, 4) is 0 Å². The van der Waals surface area contributed by atoms with Gasteiger partial charge in [0.2, 0.25) is 6.41 Å². The number of benzene rings is 1. The van der Waals surface area contributed by atoms with Gasteiger partial charge in [-0.15, -0.1) is 0 Å². The first-order valence-corrected chi connectivity index (χ1v) is 6.58. The number of nitrogens with zero attached hydrogens (tertiary/aromatic N) is 2. The van der Waals surface area contributed by atoms with Crippen LogP contribution < -0.4 is 4.90 Å². The third-order valence-corrected chi connectivity index (χ3v) is 3.13. The molecule has 0 aromatic heterocycles. The number of hydrogen-bond acceptors (Lipinski definition) is 3. The predicted molar refractivity (Wildman–Crippen MR) is 76.4 cm³/mol. The molecule has 108 valence electrons. The summed E-state index contributed by atoms with van der Waals surface area (Å²) in [6, 6.07) is 5.77. The molecule has 1 aromatic carbocycles. The first kappa shape index (κ1) is 14.4. The highest BCUT2D eigenvalue weighted by molar-refractivity contribution is 5.75. The summed E-state index contributed by atoms with van der Waals surface area (Å²) in [5.41, 5.74) is 2.49. The molecule has 0 saturated carbocycles. The van der Waals surface area contributed by atoms with Crippen LogP contribution in [0.4, 0.5) is 10.5 Å². The Hall–Kier alpha value is -2.04. The van der Waals surface area contributed by atoms with Crippen molar-refractivity contribution < 1.29 is 14.3 Å². The molecule has 0 unspecified atom stereocenters. The number of fused-ring (bicyclic) bond motifs is 1. The number of ether oxygens (including phenoxy) is 1. The van der Waals surface area contributed by atoms with Crippen LogP contribution in [0.5, 0.6) is 0 Å². The number of amides is 2. The fourth-order valence-electron chi connectivity index (χ4n) is 2.12. The molecule has 0 atom stereocenters. The van der Waals surface area contributed by atoms with E-state index in [2.05, 4.69) is 0 Å². The van der Waals surface area contributed by atoms with E-state index in [1.165, 1.54) is 4.90 Å². The lowest BCUT2D eigenvalue weighted by Gasteiger charge is -2.24. The molecule has 20 heavy (non-hydrogen) atoms. The van der Waals surface area contributed by atoms with E-state index in [4.69, 9.17) is 4.74 Å². The summed E-state index contributed by atoms with van der Waals surface area (Å²) in [6.45, 7) is 6.63. The van der Waals surface area contributed by atoms with Gasteiger partial charge in [-0.2, -0.15) is 0 Å². The number of carbonyl (C=O) groups is 2. The van der Waals surface area contributed by atoms with Gasteiger partial charge in [-0.1, -0.05) is 6.07 Å². The van der Waals surface area contributed by atoms with Crippen LogP contribution in [0.3, 0.4) is 0 Å². The molecule has 0 N–H and O–H groups in total. The second-order valence-corrected chi connectivity index (χ2v) is 6.01. The fourth-order valence-corrected chi connectivity index (χ4v) is 2.12. The Morgan fingerprint density at radius 3 is 2.55 bits per heavy atom. The van der Waals surface area contributed by atoms with E-state index in [1.54, 1.807) is 11.9 Å².